The Kier molecular flexibility index (Phi) is 6.08. The Hall–Kier alpha value is -0.810. The first kappa shape index (κ1) is 26.1. The SMILES string of the molecule is C[C@]12CC[C@H](O[C@@H]3O[C@H](CO)[C@@H](O)[C@@H](N)[C@H]3O)C[C@H]1CC[C@@H]1[C@@H]2CC[C@]2(C)[C@@H]3CC[C@]12O[C@H]1OC(=O)C[C@H]13. The second-order valence-electron chi connectivity index (χ2n) is 14.1. The zero-order valence-corrected chi connectivity index (χ0v) is 22.7. The average Bonchev–Trinajstić information content (AvgIpc) is 3.35. The van der Waals surface area contributed by atoms with Gasteiger partial charge in [0, 0.05) is 11.3 Å². The summed E-state index contributed by atoms with van der Waals surface area (Å²) in [7, 11) is 0. The fraction of sp³-hybridized carbons (Fsp3) is 0.966. The van der Waals surface area contributed by atoms with E-state index in [0.717, 1.165) is 51.4 Å². The Morgan fingerprint density at radius 3 is 2.58 bits per heavy atom. The molecule has 7 aliphatic rings. The van der Waals surface area contributed by atoms with Crippen LogP contribution in [-0.4, -0.2) is 76.5 Å². The second-order valence-corrected chi connectivity index (χ2v) is 14.1. The molecule has 9 heteroatoms. The molecule has 0 aromatic rings. The van der Waals surface area contributed by atoms with Gasteiger partial charge in [0.1, 0.15) is 18.3 Å². The van der Waals surface area contributed by atoms with Gasteiger partial charge in [0.2, 0.25) is 6.29 Å². The van der Waals surface area contributed by atoms with Gasteiger partial charge in [-0.25, -0.2) is 0 Å². The van der Waals surface area contributed by atoms with Crippen molar-refractivity contribution in [1.29, 1.82) is 0 Å². The van der Waals surface area contributed by atoms with Gasteiger partial charge < -0.3 is 40.0 Å². The molecule has 4 aliphatic carbocycles. The summed E-state index contributed by atoms with van der Waals surface area (Å²) in [4.78, 5) is 12.2. The zero-order chi connectivity index (χ0) is 26.6. The number of aliphatic hydroxyl groups excluding tert-OH is 3. The molecule has 214 valence electrons. The summed E-state index contributed by atoms with van der Waals surface area (Å²) in [6.07, 6.45) is 5.68. The number of carbonyl (C=O) groups excluding carboxylic acids is 1. The zero-order valence-electron chi connectivity index (χ0n) is 22.7. The van der Waals surface area contributed by atoms with Crippen LogP contribution in [0.25, 0.3) is 0 Å². The minimum atomic E-state index is -1.14. The van der Waals surface area contributed by atoms with Crippen molar-refractivity contribution >= 4 is 5.97 Å². The summed E-state index contributed by atoms with van der Waals surface area (Å²) in [6.45, 7) is 4.56. The van der Waals surface area contributed by atoms with Crippen LogP contribution in [0.1, 0.15) is 78.1 Å². The van der Waals surface area contributed by atoms with Crippen LogP contribution in [0.5, 0.6) is 0 Å². The molecule has 3 heterocycles. The lowest BCUT2D eigenvalue weighted by Crippen LogP contribution is -2.67. The number of aliphatic hydroxyl groups is 3. The minimum Gasteiger partial charge on any atom is -0.435 e. The molecule has 0 aromatic carbocycles. The maximum absolute atomic E-state index is 12.2. The number of hydrogen-bond donors (Lipinski definition) is 4. The van der Waals surface area contributed by atoms with Gasteiger partial charge in [-0.1, -0.05) is 13.8 Å². The van der Waals surface area contributed by atoms with Gasteiger partial charge in [-0.3, -0.25) is 4.79 Å². The predicted molar refractivity (Wildman–Crippen MR) is 134 cm³/mol. The highest BCUT2D eigenvalue weighted by Crippen LogP contribution is 2.74. The lowest BCUT2D eigenvalue weighted by atomic mass is 9.42. The smallest absolute Gasteiger partial charge is 0.308 e. The van der Waals surface area contributed by atoms with Crippen molar-refractivity contribution in [3.8, 4) is 0 Å². The first-order valence-electron chi connectivity index (χ1n) is 15.0. The number of rotatable bonds is 3. The third-order valence-corrected chi connectivity index (χ3v) is 12.9. The van der Waals surface area contributed by atoms with Crippen LogP contribution in [0.15, 0.2) is 0 Å². The van der Waals surface area contributed by atoms with Gasteiger partial charge in [0.15, 0.2) is 6.29 Å². The first-order valence-corrected chi connectivity index (χ1v) is 15.0. The van der Waals surface area contributed by atoms with E-state index in [1.807, 2.05) is 0 Å². The van der Waals surface area contributed by atoms with Crippen molar-refractivity contribution in [3.05, 3.63) is 0 Å². The predicted octanol–water partition coefficient (Wildman–Crippen LogP) is 1.84. The quantitative estimate of drug-likeness (QED) is 0.315. The highest BCUT2D eigenvalue weighted by Gasteiger charge is 2.74. The highest BCUT2D eigenvalue weighted by atomic mass is 16.7. The molecule has 0 spiro atoms. The molecule has 7 rings (SSSR count). The van der Waals surface area contributed by atoms with Gasteiger partial charge in [0.05, 0.1) is 30.8 Å². The molecule has 0 amide bonds. The molecular weight excluding hydrogens is 490 g/mol. The molecule has 9 nitrogen and oxygen atoms in total. The Morgan fingerprint density at radius 2 is 1.79 bits per heavy atom. The van der Waals surface area contributed by atoms with Crippen LogP contribution in [0.4, 0.5) is 0 Å². The minimum absolute atomic E-state index is 0.0569. The maximum atomic E-state index is 12.2. The van der Waals surface area contributed by atoms with Gasteiger partial charge in [-0.15, -0.1) is 0 Å². The van der Waals surface area contributed by atoms with Crippen molar-refractivity contribution in [1.82, 2.24) is 0 Å². The largest absolute Gasteiger partial charge is 0.435 e. The maximum Gasteiger partial charge on any atom is 0.308 e. The molecule has 5 N–H and O–H groups in total. The molecule has 7 fully saturated rings. The van der Waals surface area contributed by atoms with Crippen molar-refractivity contribution in [3.63, 3.8) is 0 Å². The van der Waals surface area contributed by atoms with Gasteiger partial charge >= 0.3 is 5.97 Å². The van der Waals surface area contributed by atoms with Crippen LogP contribution >= 0.6 is 0 Å². The molecule has 4 saturated carbocycles. The Bertz CT molecular complexity index is 963. The molecule has 3 saturated heterocycles. The van der Waals surface area contributed by atoms with Crippen LogP contribution in [0.3, 0.4) is 0 Å². The summed E-state index contributed by atoms with van der Waals surface area (Å²) < 4.78 is 24.7. The number of fused-ring (bicyclic) bond motifs is 5. The van der Waals surface area contributed by atoms with Crippen LogP contribution in [0.2, 0.25) is 0 Å². The molecule has 15 atom stereocenters. The van der Waals surface area contributed by atoms with Gasteiger partial charge in [0.25, 0.3) is 0 Å². The van der Waals surface area contributed by atoms with Gasteiger partial charge in [-0.2, -0.15) is 0 Å². The summed E-state index contributed by atoms with van der Waals surface area (Å²) >= 11 is 0. The third-order valence-electron chi connectivity index (χ3n) is 12.9. The lowest BCUT2D eigenvalue weighted by Gasteiger charge is -2.67. The standard InChI is InChI=1S/C29H45NO8/c1-27-8-5-15(35-26-24(34)22(30)23(33)20(13-31)36-26)11-14(27)3-4-19-18(27)6-9-28(2)17-7-10-29(19,28)38-25-16(17)12-21(32)37-25/h14-20,22-26,31,33-34H,3-13,30H2,1-2H3/t14-,15+,16+,17-,18+,19-,20-,22-,23-,24-,25-,26-,27+,28-,29+/m1/s1. The Labute approximate surface area is 224 Å². The van der Waals surface area contributed by atoms with Crippen LogP contribution < -0.4 is 5.73 Å². The lowest BCUT2D eigenvalue weighted by molar-refractivity contribution is -0.324. The van der Waals surface area contributed by atoms with Crippen molar-refractivity contribution in [2.75, 3.05) is 6.61 Å². The number of hydrogen-bond acceptors (Lipinski definition) is 9. The van der Waals surface area contributed by atoms with E-state index in [1.165, 1.54) is 6.42 Å². The molecule has 38 heavy (non-hydrogen) atoms. The molecule has 3 aliphatic heterocycles. The van der Waals surface area contributed by atoms with Crippen LogP contribution in [0, 0.1) is 40.4 Å². The highest BCUT2D eigenvalue weighted by molar-refractivity contribution is 5.72. The fourth-order valence-electron chi connectivity index (χ4n) is 10.9. The molecule has 0 unspecified atom stereocenters. The van der Waals surface area contributed by atoms with E-state index in [0.29, 0.717) is 30.1 Å². The van der Waals surface area contributed by atoms with E-state index < -0.39 is 30.6 Å². The van der Waals surface area contributed by atoms with Gasteiger partial charge in [-0.05, 0) is 86.9 Å². The van der Waals surface area contributed by atoms with E-state index in [2.05, 4.69) is 13.8 Å². The average molecular weight is 536 g/mol. The molecule has 0 aromatic heterocycles. The summed E-state index contributed by atoms with van der Waals surface area (Å²) in [6, 6.07) is -0.921. The molecular formula is C29H45NO8. The first-order chi connectivity index (χ1) is 18.1. The number of ether oxygens (including phenoxy) is 4. The van der Waals surface area contributed by atoms with E-state index >= 15 is 0 Å². The van der Waals surface area contributed by atoms with E-state index in [-0.39, 0.29) is 47.3 Å². The number of carbonyl (C=O) groups is 1. The molecule has 0 radical (unpaired) electrons. The number of esters is 1. The van der Waals surface area contributed by atoms with Crippen molar-refractivity contribution < 1.29 is 39.1 Å². The normalized spacial score (nSPS) is 59.4. The van der Waals surface area contributed by atoms with E-state index in [1.54, 1.807) is 0 Å². The van der Waals surface area contributed by atoms with E-state index in [4.69, 9.17) is 24.7 Å². The second kappa shape index (κ2) is 8.84. The Morgan fingerprint density at radius 1 is 1.00 bits per heavy atom. The topological polar surface area (TPSA) is 141 Å². The van der Waals surface area contributed by atoms with Crippen LogP contribution in [-0.2, 0) is 23.7 Å². The summed E-state index contributed by atoms with van der Waals surface area (Å²) in [5.41, 5.74) is 6.12. The fourth-order valence-corrected chi connectivity index (χ4v) is 10.9. The number of nitrogens with two attached hydrogens (primary N) is 1. The summed E-state index contributed by atoms with van der Waals surface area (Å²) in [5, 5.41) is 30.4. The monoisotopic (exact) mass is 535 g/mol. The van der Waals surface area contributed by atoms with Crippen molar-refractivity contribution in [2.45, 2.75) is 127 Å². The van der Waals surface area contributed by atoms with Crippen molar-refractivity contribution in [2.24, 2.45) is 46.2 Å². The third kappa shape index (κ3) is 3.39. The molecule has 2 bridgehead atoms. The Balaban J connectivity index is 1.08. The summed E-state index contributed by atoms with van der Waals surface area (Å²) in [5.74, 6) is 2.20. The van der Waals surface area contributed by atoms with E-state index in [9.17, 15) is 20.1 Å².